The molecule has 0 radical (unpaired) electrons. The summed E-state index contributed by atoms with van der Waals surface area (Å²) in [6.45, 7) is 16.2. The van der Waals surface area contributed by atoms with E-state index < -0.39 is 12.0 Å². The number of benzene rings is 1. The average Bonchev–Trinajstić information content (AvgIpc) is 3.30. The van der Waals surface area contributed by atoms with Crippen molar-refractivity contribution in [1.29, 1.82) is 5.41 Å². The Bertz CT molecular complexity index is 1290. The molecule has 1 aliphatic heterocycles. The van der Waals surface area contributed by atoms with Crippen LogP contribution in [-0.2, 0) is 4.74 Å². The molecule has 2 aromatic rings. The van der Waals surface area contributed by atoms with Crippen molar-refractivity contribution in [3.8, 4) is 0 Å². The standard InChI is InChI=1S/C31H41F3N4O/c1-8-20(6)38-15-13-22(14-16-38)23-11-12-26-24(17-23)28(19(4)5)29(36-26)21(9-2)18-27(39-7)25(10-3)37-30(35)31(32,33)34/h9,11-12,17-19,22,35-36H,6,8,10,13-16H2,1-5,7H3/b21-9+,27-18+,35-30?,37-25?. The van der Waals surface area contributed by atoms with Crippen LogP contribution in [0.1, 0.15) is 89.0 Å². The number of aromatic amines is 1. The number of nitrogens with zero attached hydrogens (tertiary/aromatic N) is 2. The van der Waals surface area contributed by atoms with Crippen molar-refractivity contribution in [2.75, 3.05) is 20.2 Å². The van der Waals surface area contributed by atoms with Crippen molar-refractivity contribution in [3.05, 3.63) is 65.2 Å². The zero-order valence-electron chi connectivity index (χ0n) is 23.9. The predicted octanol–water partition coefficient (Wildman–Crippen LogP) is 8.72. The zero-order chi connectivity index (χ0) is 28.9. The van der Waals surface area contributed by atoms with Gasteiger partial charge in [-0.1, -0.05) is 46.4 Å². The number of fused-ring (bicyclic) bond motifs is 1. The Labute approximate surface area is 230 Å². The summed E-state index contributed by atoms with van der Waals surface area (Å²) in [7, 11) is 1.41. The molecule has 0 amide bonds. The number of alkyl halides is 3. The molecule has 2 heterocycles. The number of piperidine rings is 1. The van der Waals surface area contributed by atoms with E-state index in [-0.39, 0.29) is 23.8 Å². The van der Waals surface area contributed by atoms with Crippen molar-refractivity contribution in [1.82, 2.24) is 9.88 Å². The highest BCUT2D eigenvalue weighted by molar-refractivity contribution is 6.08. The van der Waals surface area contributed by atoms with Crippen molar-refractivity contribution in [2.24, 2.45) is 4.99 Å². The lowest BCUT2D eigenvalue weighted by Gasteiger charge is -2.34. The first-order chi connectivity index (χ1) is 18.4. The highest BCUT2D eigenvalue weighted by Crippen LogP contribution is 2.38. The monoisotopic (exact) mass is 542 g/mol. The van der Waals surface area contributed by atoms with Crippen molar-refractivity contribution in [3.63, 3.8) is 0 Å². The molecular formula is C31H41F3N4O. The summed E-state index contributed by atoms with van der Waals surface area (Å²) < 4.78 is 44.4. The Morgan fingerprint density at radius 2 is 1.90 bits per heavy atom. The van der Waals surface area contributed by atoms with Gasteiger partial charge in [-0.3, -0.25) is 5.41 Å². The van der Waals surface area contributed by atoms with Crippen LogP contribution in [0.3, 0.4) is 0 Å². The summed E-state index contributed by atoms with van der Waals surface area (Å²) >= 11 is 0. The number of aliphatic imine (C=N–C) groups is 1. The third-order valence-corrected chi connectivity index (χ3v) is 7.50. The number of ether oxygens (including phenoxy) is 1. The molecule has 5 nitrogen and oxygen atoms in total. The second-order valence-electron chi connectivity index (χ2n) is 10.3. The normalized spacial score (nSPS) is 16.4. The highest BCUT2D eigenvalue weighted by atomic mass is 19.4. The summed E-state index contributed by atoms with van der Waals surface area (Å²) in [6, 6.07) is 6.64. The third-order valence-electron chi connectivity index (χ3n) is 7.50. The smallest absolute Gasteiger partial charge is 0.450 e. The van der Waals surface area contributed by atoms with Crippen molar-refractivity contribution < 1.29 is 17.9 Å². The number of aromatic nitrogens is 1. The Balaban J connectivity index is 2.02. The first-order valence-corrected chi connectivity index (χ1v) is 13.7. The maximum atomic E-state index is 13.0. The topological polar surface area (TPSA) is 64.5 Å². The Morgan fingerprint density at radius 1 is 1.23 bits per heavy atom. The summed E-state index contributed by atoms with van der Waals surface area (Å²) in [5.74, 6) is -0.753. The number of allylic oxidation sites excluding steroid dienone is 5. The Morgan fingerprint density at radius 3 is 2.41 bits per heavy atom. The van der Waals surface area contributed by atoms with Gasteiger partial charge in [0.25, 0.3) is 0 Å². The average molecular weight is 543 g/mol. The fraction of sp³-hybridized carbons (Fsp3) is 0.484. The molecule has 0 aliphatic carbocycles. The molecule has 39 heavy (non-hydrogen) atoms. The van der Waals surface area contributed by atoms with E-state index in [0.717, 1.165) is 60.1 Å². The molecule has 3 rings (SSSR count). The number of rotatable bonds is 9. The molecule has 0 saturated carbocycles. The van der Waals surface area contributed by atoms with E-state index in [2.05, 4.69) is 60.4 Å². The molecule has 8 heteroatoms. The van der Waals surface area contributed by atoms with Crippen molar-refractivity contribution in [2.45, 2.75) is 78.3 Å². The van der Waals surface area contributed by atoms with Crippen LogP contribution in [0.2, 0.25) is 0 Å². The summed E-state index contributed by atoms with van der Waals surface area (Å²) in [4.78, 5) is 9.49. The lowest BCUT2D eigenvalue weighted by Crippen LogP contribution is -2.31. The van der Waals surface area contributed by atoms with E-state index >= 15 is 0 Å². The van der Waals surface area contributed by atoms with Gasteiger partial charge in [0, 0.05) is 35.4 Å². The molecule has 1 aromatic carbocycles. The first kappa shape index (κ1) is 30.3. The van der Waals surface area contributed by atoms with Crippen molar-refractivity contribution >= 4 is 28.0 Å². The van der Waals surface area contributed by atoms with Gasteiger partial charge in [0.05, 0.1) is 12.8 Å². The SMILES string of the molecule is C=C(CC)N1CCC(c2ccc3[nH]c(C(/C=C(/OC)C(CC)=NC(=N)C(F)(F)F)=C/C)c(C(C)C)c3c2)CC1. The second-order valence-corrected chi connectivity index (χ2v) is 10.3. The second kappa shape index (κ2) is 12.7. The predicted molar refractivity (Wildman–Crippen MR) is 156 cm³/mol. The zero-order valence-corrected chi connectivity index (χ0v) is 23.9. The van der Waals surface area contributed by atoms with Crippen LogP contribution in [0.25, 0.3) is 16.5 Å². The van der Waals surface area contributed by atoms with E-state index in [0.29, 0.717) is 5.92 Å². The van der Waals surface area contributed by atoms with Gasteiger partial charge in [-0.15, -0.1) is 0 Å². The maximum absolute atomic E-state index is 13.0. The lowest BCUT2D eigenvalue weighted by molar-refractivity contribution is -0.0604. The minimum absolute atomic E-state index is 0.0702. The fourth-order valence-electron chi connectivity index (χ4n) is 5.27. The summed E-state index contributed by atoms with van der Waals surface area (Å²) in [5.41, 5.74) is 6.48. The summed E-state index contributed by atoms with van der Waals surface area (Å²) in [5, 5.41) is 8.48. The van der Waals surface area contributed by atoms with Gasteiger partial charge in [0.1, 0.15) is 5.76 Å². The summed E-state index contributed by atoms with van der Waals surface area (Å²) in [6.07, 6.45) is 2.14. The minimum Gasteiger partial charge on any atom is -0.495 e. The number of amidine groups is 1. The van der Waals surface area contributed by atoms with Crippen LogP contribution in [0, 0.1) is 5.41 Å². The van der Waals surface area contributed by atoms with Gasteiger partial charge in [-0.05, 0) is 79.4 Å². The van der Waals surface area contributed by atoms with E-state index in [4.69, 9.17) is 10.1 Å². The lowest BCUT2D eigenvalue weighted by atomic mass is 9.87. The van der Waals surface area contributed by atoms with E-state index in [9.17, 15) is 13.2 Å². The molecule has 1 fully saturated rings. The van der Waals surface area contributed by atoms with E-state index in [1.165, 1.54) is 18.4 Å². The number of nitrogens with one attached hydrogen (secondary N) is 2. The van der Waals surface area contributed by atoms with Crippen LogP contribution >= 0.6 is 0 Å². The van der Waals surface area contributed by atoms with Crippen LogP contribution in [0.4, 0.5) is 13.2 Å². The fourth-order valence-corrected chi connectivity index (χ4v) is 5.27. The number of hydrogen-bond acceptors (Lipinski definition) is 3. The largest absolute Gasteiger partial charge is 0.495 e. The number of hydrogen-bond donors (Lipinski definition) is 2. The van der Waals surface area contributed by atoms with Crippen LogP contribution in [0.5, 0.6) is 0 Å². The highest BCUT2D eigenvalue weighted by Gasteiger charge is 2.35. The molecule has 0 atom stereocenters. The molecular weight excluding hydrogens is 501 g/mol. The minimum atomic E-state index is -4.82. The van der Waals surface area contributed by atoms with Gasteiger partial charge >= 0.3 is 6.18 Å². The first-order valence-electron chi connectivity index (χ1n) is 13.7. The number of likely N-dealkylation sites (tertiary alicyclic amines) is 1. The Kier molecular flexibility index (Phi) is 9.86. The van der Waals surface area contributed by atoms with Crippen LogP contribution in [0.15, 0.2) is 53.4 Å². The molecule has 0 spiro atoms. The van der Waals surface area contributed by atoms with E-state index in [1.807, 2.05) is 13.0 Å². The quantitative estimate of drug-likeness (QED) is 0.144. The van der Waals surface area contributed by atoms with Gasteiger partial charge < -0.3 is 14.6 Å². The molecule has 1 aliphatic rings. The molecule has 212 valence electrons. The third kappa shape index (κ3) is 6.84. The molecule has 0 bridgehead atoms. The number of methoxy groups -OCH3 is 1. The van der Waals surface area contributed by atoms with Gasteiger partial charge in [-0.2, -0.15) is 13.2 Å². The van der Waals surface area contributed by atoms with Gasteiger partial charge in [0.2, 0.25) is 5.84 Å². The van der Waals surface area contributed by atoms with Gasteiger partial charge in [0.15, 0.2) is 0 Å². The molecule has 0 unspecified atom stereocenters. The Hall–Kier alpha value is -3.29. The van der Waals surface area contributed by atoms with Crippen LogP contribution < -0.4 is 0 Å². The molecule has 1 saturated heterocycles. The molecule has 2 N–H and O–H groups in total. The molecule has 1 aromatic heterocycles. The van der Waals surface area contributed by atoms with Crippen LogP contribution in [-0.4, -0.2) is 47.8 Å². The van der Waals surface area contributed by atoms with Gasteiger partial charge in [-0.25, -0.2) is 4.99 Å². The number of halogens is 3. The van der Waals surface area contributed by atoms with E-state index in [1.54, 1.807) is 13.0 Å². The number of H-pyrrole nitrogens is 1. The maximum Gasteiger partial charge on any atom is 0.450 e.